The van der Waals surface area contributed by atoms with E-state index in [4.69, 9.17) is 4.74 Å². The van der Waals surface area contributed by atoms with Crippen LogP contribution in [0.5, 0.6) is 5.75 Å². The number of aromatic nitrogens is 2. The van der Waals surface area contributed by atoms with Gasteiger partial charge in [0.2, 0.25) is 0 Å². The first-order valence-corrected chi connectivity index (χ1v) is 7.00. The van der Waals surface area contributed by atoms with Crippen LogP contribution < -0.4 is 10.1 Å². The standard InChI is InChI=1S/C16H20FN3O/c1-4-18-14(13-8-9-19-11(2)20-13)10-12-6-5-7-15(21-3)16(12)17/h5-9,14,18H,4,10H2,1-3H3. The Hall–Kier alpha value is -2.01. The van der Waals surface area contributed by atoms with Crippen LogP contribution in [-0.2, 0) is 6.42 Å². The topological polar surface area (TPSA) is 47.0 Å². The summed E-state index contributed by atoms with van der Waals surface area (Å²) in [5.74, 6) is 0.664. The molecule has 1 atom stereocenters. The molecule has 0 bridgehead atoms. The second kappa shape index (κ2) is 7.13. The molecule has 0 saturated carbocycles. The van der Waals surface area contributed by atoms with Crippen molar-refractivity contribution >= 4 is 0 Å². The summed E-state index contributed by atoms with van der Waals surface area (Å²) in [7, 11) is 1.47. The number of ether oxygens (including phenoxy) is 1. The highest BCUT2D eigenvalue weighted by Crippen LogP contribution is 2.24. The van der Waals surface area contributed by atoms with Crippen LogP contribution in [0.25, 0.3) is 0 Å². The van der Waals surface area contributed by atoms with Gasteiger partial charge in [-0.05, 0) is 37.6 Å². The smallest absolute Gasteiger partial charge is 0.168 e. The predicted octanol–water partition coefficient (Wildman–Crippen LogP) is 2.83. The molecule has 0 spiro atoms. The molecule has 5 heteroatoms. The van der Waals surface area contributed by atoms with E-state index in [-0.39, 0.29) is 17.6 Å². The normalized spacial score (nSPS) is 12.2. The third kappa shape index (κ3) is 3.76. The van der Waals surface area contributed by atoms with Gasteiger partial charge in [0.1, 0.15) is 5.82 Å². The molecule has 4 nitrogen and oxygen atoms in total. The lowest BCUT2D eigenvalue weighted by Crippen LogP contribution is -2.24. The molecule has 2 rings (SSSR count). The van der Waals surface area contributed by atoms with Gasteiger partial charge < -0.3 is 10.1 Å². The van der Waals surface area contributed by atoms with Gasteiger partial charge in [0.15, 0.2) is 11.6 Å². The molecule has 0 amide bonds. The van der Waals surface area contributed by atoms with Crippen molar-refractivity contribution < 1.29 is 9.13 Å². The van der Waals surface area contributed by atoms with Crippen molar-refractivity contribution in [3.05, 3.63) is 53.4 Å². The minimum atomic E-state index is -0.311. The molecule has 1 aromatic carbocycles. The van der Waals surface area contributed by atoms with Gasteiger partial charge in [-0.1, -0.05) is 19.1 Å². The third-order valence-corrected chi connectivity index (χ3v) is 3.29. The van der Waals surface area contributed by atoms with Crippen molar-refractivity contribution in [2.75, 3.05) is 13.7 Å². The van der Waals surface area contributed by atoms with Gasteiger partial charge in [0.25, 0.3) is 0 Å². The van der Waals surface area contributed by atoms with Gasteiger partial charge in [0, 0.05) is 6.20 Å². The lowest BCUT2D eigenvalue weighted by atomic mass is 10.0. The van der Waals surface area contributed by atoms with E-state index in [0.717, 1.165) is 12.2 Å². The first kappa shape index (κ1) is 15.4. The second-order valence-electron chi connectivity index (χ2n) is 4.78. The van der Waals surface area contributed by atoms with Crippen molar-refractivity contribution in [2.45, 2.75) is 26.3 Å². The van der Waals surface area contributed by atoms with Gasteiger partial charge in [-0.2, -0.15) is 0 Å². The Kier molecular flexibility index (Phi) is 5.22. The molecule has 0 aliphatic carbocycles. The molecular weight excluding hydrogens is 269 g/mol. The monoisotopic (exact) mass is 289 g/mol. The van der Waals surface area contributed by atoms with Crippen molar-refractivity contribution in [3.63, 3.8) is 0 Å². The van der Waals surface area contributed by atoms with Crippen LogP contribution in [0.3, 0.4) is 0 Å². The molecule has 1 heterocycles. The zero-order valence-corrected chi connectivity index (χ0v) is 12.6. The maximum absolute atomic E-state index is 14.3. The van der Waals surface area contributed by atoms with E-state index in [2.05, 4.69) is 15.3 Å². The van der Waals surface area contributed by atoms with Crippen LogP contribution in [0, 0.1) is 12.7 Å². The predicted molar refractivity (Wildman–Crippen MR) is 79.8 cm³/mol. The number of nitrogens with one attached hydrogen (secondary N) is 1. The molecule has 2 aromatic rings. The molecule has 1 unspecified atom stereocenters. The van der Waals surface area contributed by atoms with E-state index in [9.17, 15) is 4.39 Å². The fourth-order valence-electron chi connectivity index (χ4n) is 2.29. The summed E-state index contributed by atoms with van der Waals surface area (Å²) < 4.78 is 19.3. The van der Waals surface area contributed by atoms with Crippen LogP contribution in [0.1, 0.15) is 30.0 Å². The zero-order valence-electron chi connectivity index (χ0n) is 12.6. The quantitative estimate of drug-likeness (QED) is 0.888. The first-order valence-electron chi connectivity index (χ1n) is 7.00. The van der Waals surface area contributed by atoms with E-state index in [1.54, 1.807) is 24.4 Å². The maximum Gasteiger partial charge on any atom is 0.168 e. The zero-order chi connectivity index (χ0) is 15.2. The highest BCUT2D eigenvalue weighted by atomic mass is 19.1. The molecule has 0 fully saturated rings. The van der Waals surface area contributed by atoms with E-state index in [1.807, 2.05) is 19.9 Å². The first-order chi connectivity index (χ1) is 10.2. The maximum atomic E-state index is 14.3. The third-order valence-electron chi connectivity index (χ3n) is 3.29. The Labute approximate surface area is 124 Å². The SMILES string of the molecule is CCNC(Cc1cccc(OC)c1F)c1ccnc(C)n1. The molecule has 0 saturated heterocycles. The van der Waals surface area contributed by atoms with Crippen LogP contribution in [0.4, 0.5) is 4.39 Å². The largest absolute Gasteiger partial charge is 0.494 e. The van der Waals surface area contributed by atoms with E-state index < -0.39 is 0 Å². The Bertz CT molecular complexity index is 604. The molecule has 21 heavy (non-hydrogen) atoms. The highest BCUT2D eigenvalue weighted by molar-refractivity contribution is 5.32. The lowest BCUT2D eigenvalue weighted by molar-refractivity contribution is 0.382. The Morgan fingerprint density at radius 2 is 2.14 bits per heavy atom. The summed E-state index contributed by atoms with van der Waals surface area (Å²) in [5, 5.41) is 3.34. The number of rotatable bonds is 6. The molecule has 1 aromatic heterocycles. The summed E-state index contributed by atoms with van der Waals surface area (Å²) in [6, 6.07) is 6.99. The van der Waals surface area contributed by atoms with Gasteiger partial charge in [0.05, 0.1) is 18.8 Å². The Morgan fingerprint density at radius 3 is 2.81 bits per heavy atom. The lowest BCUT2D eigenvalue weighted by Gasteiger charge is -2.18. The van der Waals surface area contributed by atoms with Crippen molar-refractivity contribution in [1.29, 1.82) is 0 Å². The van der Waals surface area contributed by atoms with E-state index in [1.165, 1.54) is 7.11 Å². The number of hydrogen-bond donors (Lipinski definition) is 1. The number of methoxy groups -OCH3 is 1. The number of nitrogens with zero attached hydrogens (tertiary/aromatic N) is 2. The molecule has 0 aliphatic heterocycles. The number of aryl methyl sites for hydroxylation is 1. The van der Waals surface area contributed by atoms with Crippen LogP contribution >= 0.6 is 0 Å². The number of hydrogen-bond acceptors (Lipinski definition) is 4. The van der Waals surface area contributed by atoms with Crippen molar-refractivity contribution in [1.82, 2.24) is 15.3 Å². The number of benzene rings is 1. The van der Waals surface area contributed by atoms with Crippen molar-refractivity contribution in [3.8, 4) is 5.75 Å². The summed E-state index contributed by atoms with van der Waals surface area (Å²) in [6.07, 6.45) is 2.23. The number of halogens is 1. The average Bonchev–Trinajstić information content (AvgIpc) is 2.48. The summed E-state index contributed by atoms with van der Waals surface area (Å²) >= 11 is 0. The van der Waals surface area contributed by atoms with Gasteiger partial charge >= 0.3 is 0 Å². The van der Waals surface area contributed by atoms with Crippen LogP contribution in [0.2, 0.25) is 0 Å². The van der Waals surface area contributed by atoms with Crippen molar-refractivity contribution in [2.24, 2.45) is 0 Å². The molecular formula is C16H20FN3O. The van der Waals surface area contributed by atoms with E-state index >= 15 is 0 Å². The van der Waals surface area contributed by atoms with Gasteiger partial charge in [-0.3, -0.25) is 0 Å². The van der Waals surface area contributed by atoms with Crippen LogP contribution in [-0.4, -0.2) is 23.6 Å². The highest BCUT2D eigenvalue weighted by Gasteiger charge is 2.17. The molecule has 0 radical (unpaired) electrons. The van der Waals surface area contributed by atoms with Gasteiger partial charge in [-0.15, -0.1) is 0 Å². The van der Waals surface area contributed by atoms with Crippen LogP contribution in [0.15, 0.2) is 30.5 Å². The molecule has 0 aliphatic rings. The van der Waals surface area contributed by atoms with Gasteiger partial charge in [-0.25, -0.2) is 14.4 Å². The summed E-state index contributed by atoms with van der Waals surface area (Å²) in [6.45, 7) is 4.64. The summed E-state index contributed by atoms with van der Waals surface area (Å²) in [4.78, 5) is 8.53. The molecule has 112 valence electrons. The minimum Gasteiger partial charge on any atom is -0.494 e. The Morgan fingerprint density at radius 1 is 1.33 bits per heavy atom. The summed E-state index contributed by atoms with van der Waals surface area (Å²) in [5.41, 5.74) is 1.48. The second-order valence-corrected chi connectivity index (χ2v) is 4.78. The Balaban J connectivity index is 2.28. The van der Waals surface area contributed by atoms with E-state index in [0.29, 0.717) is 17.8 Å². The molecule has 1 N–H and O–H groups in total. The average molecular weight is 289 g/mol. The fourth-order valence-corrected chi connectivity index (χ4v) is 2.29. The fraction of sp³-hybridized carbons (Fsp3) is 0.375. The number of likely N-dealkylation sites (N-methyl/N-ethyl adjacent to an activating group) is 1. The minimum absolute atomic E-state index is 0.0571.